The normalized spacial score (nSPS) is 12.3. The van der Waals surface area contributed by atoms with Gasteiger partial charge in [0.05, 0.1) is 0 Å². The summed E-state index contributed by atoms with van der Waals surface area (Å²) in [6.45, 7) is 5.87. The second kappa shape index (κ2) is 12.2. The molecule has 1 aromatic carbocycles. The average Bonchev–Trinajstić information content (AvgIpc) is 2.21. The summed E-state index contributed by atoms with van der Waals surface area (Å²) in [6.07, 6.45) is 0.437. The Morgan fingerprint density at radius 1 is 1.28 bits per heavy atom. The summed E-state index contributed by atoms with van der Waals surface area (Å²) in [6, 6.07) is 8.23. The van der Waals surface area contributed by atoms with Crippen molar-refractivity contribution in [1.82, 2.24) is 0 Å². The van der Waals surface area contributed by atoms with Crippen LogP contribution in [0.3, 0.4) is 0 Å². The SMILES string of the molecule is Cc1ccccc1[N-]C(C)CC(C)O.[CH3-].[Cl][V][Cl]. The van der Waals surface area contributed by atoms with Crippen molar-refractivity contribution in [1.29, 1.82) is 0 Å². The van der Waals surface area contributed by atoms with Crippen LogP contribution in [-0.2, 0) is 14.4 Å². The van der Waals surface area contributed by atoms with Gasteiger partial charge in [-0.3, -0.25) is 0 Å². The number of hydrogen-bond donors (Lipinski definition) is 1. The van der Waals surface area contributed by atoms with Crippen molar-refractivity contribution in [2.45, 2.75) is 39.3 Å². The van der Waals surface area contributed by atoms with E-state index in [-0.39, 0.29) is 33.9 Å². The zero-order valence-corrected chi connectivity index (χ0v) is 14.2. The number of nitrogens with zero attached hydrogens (tertiary/aromatic N) is 1. The molecule has 0 aliphatic carbocycles. The van der Waals surface area contributed by atoms with Gasteiger partial charge in [0, 0.05) is 6.10 Å². The van der Waals surface area contributed by atoms with Crippen LogP contribution in [0.2, 0.25) is 0 Å². The van der Waals surface area contributed by atoms with Crippen molar-refractivity contribution in [2.75, 3.05) is 0 Å². The number of aliphatic hydroxyl groups excluding tert-OH is 1. The average molecular weight is 329 g/mol. The van der Waals surface area contributed by atoms with Crippen LogP contribution in [0.4, 0.5) is 5.69 Å². The molecule has 1 N–H and O–H groups in total. The van der Waals surface area contributed by atoms with E-state index in [4.69, 9.17) is 19.7 Å². The molecule has 105 valence electrons. The second-order valence-electron chi connectivity index (χ2n) is 3.91. The van der Waals surface area contributed by atoms with Gasteiger partial charge in [0.15, 0.2) is 0 Å². The van der Waals surface area contributed by atoms with Gasteiger partial charge < -0.3 is 17.8 Å². The first-order chi connectivity index (χ1) is 8.01. The quantitative estimate of drug-likeness (QED) is 0.776. The molecule has 18 heavy (non-hydrogen) atoms. The molecular weight excluding hydrogens is 308 g/mol. The van der Waals surface area contributed by atoms with Crippen LogP contribution in [0, 0.1) is 14.4 Å². The van der Waals surface area contributed by atoms with Gasteiger partial charge in [0.2, 0.25) is 0 Å². The molecule has 0 radical (unpaired) electrons. The molecule has 2 nitrogen and oxygen atoms in total. The summed E-state index contributed by atoms with van der Waals surface area (Å²) in [5.41, 5.74) is 2.21. The van der Waals surface area contributed by atoms with Gasteiger partial charge in [-0.05, 0) is 20.3 Å². The molecule has 0 saturated heterocycles. The van der Waals surface area contributed by atoms with Crippen LogP contribution in [0.5, 0.6) is 0 Å². The van der Waals surface area contributed by atoms with Gasteiger partial charge in [-0.15, -0.1) is 11.7 Å². The molecule has 2 atom stereocenters. The number of halogens is 2. The van der Waals surface area contributed by atoms with Crippen molar-refractivity contribution < 1.29 is 19.5 Å². The first kappa shape index (κ1) is 20.5. The third-order valence-corrected chi connectivity index (χ3v) is 2.16. The molecule has 2 unspecified atom stereocenters. The zero-order chi connectivity index (χ0) is 13.3. The molecule has 0 aliphatic rings. The molecule has 1 aromatic rings. The van der Waals surface area contributed by atoms with Gasteiger partial charge >= 0.3 is 34.1 Å². The Kier molecular flexibility index (Phi) is 13.9. The monoisotopic (exact) mass is 328 g/mol. The summed E-state index contributed by atoms with van der Waals surface area (Å²) in [5, 5.41) is 13.7. The van der Waals surface area contributed by atoms with E-state index in [1.54, 1.807) is 6.92 Å². The van der Waals surface area contributed by atoms with Crippen molar-refractivity contribution in [2.24, 2.45) is 0 Å². The molecule has 0 aliphatic heterocycles. The Labute approximate surface area is 126 Å². The van der Waals surface area contributed by atoms with Gasteiger partial charge in [-0.1, -0.05) is 36.8 Å². The third kappa shape index (κ3) is 10.1. The molecule has 0 saturated carbocycles. The van der Waals surface area contributed by atoms with Crippen molar-refractivity contribution in [3.05, 3.63) is 42.6 Å². The fourth-order valence-corrected chi connectivity index (χ4v) is 1.49. The maximum absolute atomic E-state index is 9.21. The molecule has 0 amide bonds. The van der Waals surface area contributed by atoms with Crippen LogP contribution in [0.25, 0.3) is 5.32 Å². The fraction of sp³-hybridized carbons (Fsp3) is 0.462. The van der Waals surface area contributed by atoms with Crippen LogP contribution >= 0.6 is 19.7 Å². The number of rotatable bonds is 4. The summed E-state index contributed by atoms with van der Waals surface area (Å²) in [4.78, 5) is 0. The van der Waals surface area contributed by atoms with E-state index in [1.807, 2.05) is 38.1 Å². The molecular formula is C13H21Cl2NOV-2. The number of benzene rings is 1. The van der Waals surface area contributed by atoms with Gasteiger partial charge in [0.1, 0.15) is 0 Å². The van der Waals surface area contributed by atoms with E-state index >= 15 is 0 Å². The Balaban J connectivity index is 0. The molecule has 0 heterocycles. The van der Waals surface area contributed by atoms with E-state index < -0.39 is 0 Å². The van der Waals surface area contributed by atoms with Crippen LogP contribution in [0.1, 0.15) is 25.8 Å². The minimum absolute atomic E-state index is 0. The number of hydrogen-bond acceptors (Lipinski definition) is 1. The Bertz CT molecular complexity index is 311. The van der Waals surface area contributed by atoms with Crippen LogP contribution < -0.4 is 0 Å². The fourth-order valence-electron chi connectivity index (χ4n) is 1.49. The van der Waals surface area contributed by atoms with E-state index in [0.29, 0.717) is 6.42 Å². The van der Waals surface area contributed by atoms with E-state index in [9.17, 15) is 5.11 Å². The molecule has 0 aromatic heterocycles. The van der Waals surface area contributed by atoms with Crippen molar-refractivity contribution >= 4 is 25.4 Å². The third-order valence-electron chi connectivity index (χ3n) is 2.16. The Morgan fingerprint density at radius 2 is 1.78 bits per heavy atom. The predicted molar refractivity (Wildman–Crippen MR) is 78.1 cm³/mol. The van der Waals surface area contributed by atoms with Gasteiger partial charge in [-0.2, -0.15) is 0 Å². The molecule has 0 fully saturated rings. The molecule has 5 heteroatoms. The van der Waals surface area contributed by atoms with E-state index in [0.717, 1.165) is 5.69 Å². The topological polar surface area (TPSA) is 34.3 Å². The number of aryl methyl sites for hydroxylation is 1. The van der Waals surface area contributed by atoms with Gasteiger partial charge in [0.25, 0.3) is 0 Å². The number of para-hydroxylation sites is 1. The summed E-state index contributed by atoms with van der Waals surface area (Å²) >= 11 is -0.368. The van der Waals surface area contributed by atoms with Crippen LogP contribution in [0.15, 0.2) is 24.3 Å². The first-order valence-electron chi connectivity index (χ1n) is 5.38. The van der Waals surface area contributed by atoms with Crippen molar-refractivity contribution in [3.63, 3.8) is 0 Å². The van der Waals surface area contributed by atoms with E-state index in [2.05, 4.69) is 5.32 Å². The maximum atomic E-state index is 9.21. The standard InChI is InChI=1S/C12H18NO.CH3.2ClH.V/c1-9-6-4-5-7-12(9)13-10(2)8-11(3)14;;;;/h4-7,10-11,14H,8H2,1-3H3;1H3;2*1H;/q2*-1;;;+2/p-2. The van der Waals surface area contributed by atoms with Crippen molar-refractivity contribution in [3.8, 4) is 0 Å². The Morgan fingerprint density at radius 3 is 2.22 bits per heavy atom. The molecule has 0 spiro atoms. The summed E-state index contributed by atoms with van der Waals surface area (Å²) < 4.78 is 0. The summed E-state index contributed by atoms with van der Waals surface area (Å²) in [7, 11) is 9.72. The zero-order valence-electron chi connectivity index (χ0n) is 11.3. The van der Waals surface area contributed by atoms with Crippen LogP contribution in [-0.4, -0.2) is 17.3 Å². The first-order valence-corrected chi connectivity index (χ1v) is 9.22. The van der Waals surface area contributed by atoms with Gasteiger partial charge in [-0.25, -0.2) is 0 Å². The molecule has 0 bridgehead atoms. The molecule has 1 rings (SSSR count). The predicted octanol–water partition coefficient (Wildman–Crippen LogP) is 4.99. The summed E-state index contributed by atoms with van der Waals surface area (Å²) in [5.74, 6) is 0. The van der Waals surface area contributed by atoms with E-state index in [1.165, 1.54) is 5.56 Å². The number of aliphatic hydroxyl groups is 1. The Hall–Kier alpha value is 0.144. The second-order valence-corrected chi connectivity index (χ2v) is 6.22. The minimum atomic E-state index is -0.368.